The van der Waals surface area contributed by atoms with Crippen LogP contribution < -0.4 is 10.5 Å². The van der Waals surface area contributed by atoms with Crippen molar-refractivity contribution >= 4 is 44.2 Å². The lowest BCUT2D eigenvalue weighted by atomic mass is 10.2. The smallest absolute Gasteiger partial charge is 0.263 e. The van der Waals surface area contributed by atoms with Crippen molar-refractivity contribution in [2.75, 3.05) is 51.7 Å². The van der Waals surface area contributed by atoms with Gasteiger partial charge in [-0.25, -0.2) is 15.0 Å². The molecule has 1 aliphatic heterocycles. The number of carbonyl (C=O) groups excluding carboxylic acids is 1. The van der Waals surface area contributed by atoms with Crippen LogP contribution in [0.25, 0.3) is 21.1 Å². The highest BCUT2D eigenvalue weighted by atomic mass is 32.1. The largest absolute Gasteiger partial charge is 0.353 e. The molecule has 34 heavy (non-hydrogen) atoms. The average molecular weight is 478 g/mol. The number of rotatable bonds is 5. The molecule has 0 saturated carbocycles. The first-order chi connectivity index (χ1) is 16.4. The Kier molecular flexibility index (Phi) is 6.01. The van der Waals surface area contributed by atoms with Crippen LogP contribution in [0.5, 0.6) is 0 Å². The molecule has 0 bridgehead atoms. The van der Waals surface area contributed by atoms with Gasteiger partial charge in [0.05, 0.1) is 22.1 Å². The van der Waals surface area contributed by atoms with E-state index in [-0.39, 0.29) is 11.5 Å². The molecule has 10 heteroatoms. The van der Waals surface area contributed by atoms with E-state index < -0.39 is 0 Å². The summed E-state index contributed by atoms with van der Waals surface area (Å²) in [5.41, 5.74) is 1.59. The van der Waals surface area contributed by atoms with Crippen LogP contribution >= 0.6 is 11.3 Å². The topological polar surface area (TPSA) is 87.5 Å². The van der Waals surface area contributed by atoms with Gasteiger partial charge in [0.15, 0.2) is 0 Å². The molecule has 0 unspecified atom stereocenters. The number of nitrogens with zero attached hydrogens (tertiary/aromatic N) is 7. The number of anilines is 1. The molecule has 0 spiro atoms. The third-order valence-electron chi connectivity index (χ3n) is 6.37. The Labute approximate surface area is 201 Å². The zero-order valence-corrected chi connectivity index (χ0v) is 20.4. The van der Waals surface area contributed by atoms with Gasteiger partial charge < -0.3 is 9.80 Å². The number of piperazine rings is 1. The summed E-state index contributed by atoms with van der Waals surface area (Å²) in [4.78, 5) is 46.4. The van der Waals surface area contributed by atoms with E-state index in [9.17, 15) is 9.59 Å². The molecule has 1 saturated heterocycles. The van der Waals surface area contributed by atoms with Gasteiger partial charge in [-0.3, -0.25) is 19.1 Å². The molecule has 1 aromatic carbocycles. The Morgan fingerprint density at radius 1 is 1.06 bits per heavy atom. The minimum atomic E-state index is -0.0965. The predicted molar refractivity (Wildman–Crippen MR) is 135 cm³/mol. The average Bonchev–Trinajstić information content (AvgIpc) is 3.20. The highest BCUT2D eigenvalue weighted by Gasteiger charge is 2.22. The van der Waals surface area contributed by atoms with Gasteiger partial charge in [-0.2, -0.15) is 0 Å². The first kappa shape index (κ1) is 22.4. The minimum absolute atomic E-state index is 0.0809. The lowest BCUT2D eigenvalue weighted by Crippen LogP contribution is -2.48. The number of fused-ring (bicyclic) bond motifs is 2. The van der Waals surface area contributed by atoms with Crippen LogP contribution in [-0.4, -0.2) is 82.0 Å². The summed E-state index contributed by atoms with van der Waals surface area (Å²) in [5.74, 6) is 0.882. The number of hydrogen-bond acceptors (Lipinski definition) is 8. The first-order valence-electron chi connectivity index (χ1n) is 11.3. The maximum Gasteiger partial charge on any atom is 0.263 e. The summed E-state index contributed by atoms with van der Waals surface area (Å²) in [6, 6.07) is 8.08. The van der Waals surface area contributed by atoms with E-state index in [1.807, 2.05) is 25.1 Å². The van der Waals surface area contributed by atoms with Gasteiger partial charge in [0.2, 0.25) is 0 Å². The van der Waals surface area contributed by atoms with Gasteiger partial charge in [-0.1, -0.05) is 12.1 Å². The van der Waals surface area contributed by atoms with Crippen molar-refractivity contribution in [3.63, 3.8) is 0 Å². The highest BCUT2D eigenvalue weighted by Crippen LogP contribution is 2.27. The highest BCUT2D eigenvalue weighted by molar-refractivity contribution is 7.20. The number of aromatic nitrogens is 4. The fourth-order valence-electron chi connectivity index (χ4n) is 4.40. The standard InChI is InChI=1S/C24H27N7O2S/c1-16-19-22(34-20(16)24(33)28(2)3)27-15-31(23(19)32)13-10-29-8-11-30(12-9-29)21-17-6-4-5-7-18(17)25-14-26-21/h4-7,14-15H,8-13H2,1-3H3. The maximum atomic E-state index is 13.2. The number of aryl methyl sites for hydroxylation is 1. The number of benzene rings is 1. The number of carbonyl (C=O) groups is 1. The van der Waals surface area contributed by atoms with Crippen molar-refractivity contribution in [3.8, 4) is 0 Å². The number of para-hydroxylation sites is 1. The fourth-order valence-corrected chi connectivity index (χ4v) is 5.56. The van der Waals surface area contributed by atoms with Crippen LogP contribution in [0.4, 0.5) is 5.82 Å². The van der Waals surface area contributed by atoms with Gasteiger partial charge in [0.1, 0.15) is 17.0 Å². The van der Waals surface area contributed by atoms with Crippen molar-refractivity contribution in [2.24, 2.45) is 0 Å². The van der Waals surface area contributed by atoms with Crippen LogP contribution in [0, 0.1) is 6.92 Å². The van der Waals surface area contributed by atoms with Gasteiger partial charge in [0, 0.05) is 58.8 Å². The second kappa shape index (κ2) is 9.11. The van der Waals surface area contributed by atoms with Crippen LogP contribution in [0.1, 0.15) is 15.2 Å². The lowest BCUT2D eigenvalue weighted by molar-refractivity contribution is 0.0831. The van der Waals surface area contributed by atoms with E-state index in [0.29, 0.717) is 21.6 Å². The minimum Gasteiger partial charge on any atom is -0.353 e. The van der Waals surface area contributed by atoms with Gasteiger partial charge >= 0.3 is 0 Å². The predicted octanol–water partition coefficient (Wildman–Crippen LogP) is 2.23. The van der Waals surface area contributed by atoms with Crippen molar-refractivity contribution in [2.45, 2.75) is 13.5 Å². The fraction of sp³-hybridized carbons (Fsp3) is 0.375. The third-order valence-corrected chi connectivity index (χ3v) is 7.56. The van der Waals surface area contributed by atoms with Crippen molar-refractivity contribution in [3.05, 3.63) is 57.7 Å². The molecular formula is C24H27N7O2S. The number of hydrogen-bond donors (Lipinski definition) is 0. The van der Waals surface area contributed by atoms with E-state index in [0.717, 1.165) is 55.0 Å². The van der Waals surface area contributed by atoms with E-state index in [2.05, 4.69) is 30.8 Å². The molecule has 1 amide bonds. The molecule has 0 radical (unpaired) electrons. The Morgan fingerprint density at radius 3 is 2.59 bits per heavy atom. The Hall–Kier alpha value is -3.37. The monoisotopic (exact) mass is 477 g/mol. The Morgan fingerprint density at radius 2 is 1.82 bits per heavy atom. The van der Waals surface area contributed by atoms with E-state index in [4.69, 9.17) is 0 Å². The second-order valence-electron chi connectivity index (χ2n) is 8.72. The summed E-state index contributed by atoms with van der Waals surface area (Å²) in [6.07, 6.45) is 3.23. The van der Waals surface area contributed by atoms with Gasteiger partial charge in [0.25, 0.3) is 11.5 Å². The van der Waals surface area contributed by atoms with Crippen LogP contribution in [0.2, 0.25) is 0 Å². The maximum absolute atomic E-state index is 13.2. The van der Waals surface area contributed by atoms with Gasteiger partial charge in [-0.15, -0.1) is 11.3 Å². The molecule has 176 valence electrons. The molecule has 0 N–H and O–H groups in total. The molecule has 0 atom stereocenters. The van der Waals surface area contributed by atoms with Crippen molar-refractivity contribution in [1.82, 2.24) is 29.3 Å². The normalized spacial score (nSPS) is 14.7. The molecule has 1 aliphatic rings. The SMILES string of the molecule is Cc1c(C(=O)N(C)C)sc2ncn(CCN3CCN(c4ncnc5ccccc45)CC3)c(=O)c12. The molecule has 4 aromatic rings. The van der Waals surface area contributed by atoms with E-state index in [1.165, 1.54) is 16.2 Å². The van der Waals surface area contributed by atoms with Crippen LogP contribution in [0.15, 0.2) is 41.7 Å². The van der Waals surface area contributed by atoms with Crippen LogP contribution in [-0.2, 0) is 6.54 Å². The van der Waals surface area contributed by atoms with Crippen molar-refractivity contribution in [1.29, 1.82) is 0 Å². The van der Waals surface area contributed by atoms with Gasteiger partial charge in [-0.05, 0) is 24.6 Å². The third kappa shape index (κ3) is 4.03. The molecular weight excluding hydrogens is 450 g/mol. The van der Waals surface area contributed by atoms with Crippen LogP contribution in [0.3, 0.4) is 0 Å². The van der Waals surface area contributed by atoms with E-state index in [1.54, 1.807) is 31.3 Å². The summed E-state index contributed by atoms with van der Waals surface area (Å²) in [6.45, 7) is 6.67. The molecule has 4 heterocycles. The molecule has 3 aromatic heterocycles. The first-order valence-corrected chi connectivity index (χ1v) is 12.1. The lowest BCUT2D eigenvalue weighted by Gasteiger charge is -2.35. The zero-order valence-electron chi connectivity index (χ0n) is 19.6. The summed E-state index contributed by atoms with van der Waals surface area (Å²) in [5, 5.41) is 1.63. The van der Waals surface area contributed by atoms with E-state index >= 15 is 0 Å². The zero-order chi connectivity index (χ0) is 23.8. The summed E-state index contributed by atoms with van der Waals surface area (Å²) in [7, 11) is 3.43. The number of thiophene rings is 1. The van der Waals surface area contributed by atoms with Crippen molar-refractivity contribution < 1.29 is 4.79 Å². The Bertz CT molecular complexity index is 1410. The Balaban J connectivity index is 1.27. The summed E-state index contributed by atoms with van der Waals surface area (Å²) < 4.78 is 1.66. The number of amides is 1. The molecule has 0 aliphatic carbocycles. The quantitative estimate of drug-likeness (QED) is 0.436. The molecule has 5 rings (SSSR count). The molecule has 1 fully saturated rings. The second-order valence-corrected chi connectivity index (χ2v) is 9.72. The summed E-state index contributed by atoms with van der Waals surface area (Å²) >= 11 is 1.29. The molecule has 9 nitrogen and oxygen atoms in total.